The van der Waals surface area contributed by atoms with Crippen LogP contribution in [0.4, 0.5) is 5.69 Å². The van der Waals surface area contributed by atoms with E-state index < -0.39 is 0 Å². The molecule has 1 fully saturated rings. The van der Waals surface area contributed by atoms with Crippen LogP contribution in [-0.4, -0.2) is 67.1 Å². The molecule has 2 aliphatic heterocycles. The first kappa shape index (κ1) is 19.9. The molecule has 29 heavy (non-hydrogen) atoms. The average Bonchev–Trinajstić information content (AvgIpc) is 2.78. The summed E-state index contributed by atoms with van der Waals surface area (Å²) in [7, 11) is 1.68. The van der Waals surface area contributed by atoms with E-state index in [1.165, 1.54) is 5.56 Å². The molecule has 1 aromatic carbocycles. The van der Waals surface area contributed by atoms with Crippen LogP contribution in [0.25, 0.3) is 0 Å². The van der Waals surface area contributed by atoms with Gasteiger partial charge in [0.15, 0.2) is 0 Å². The monoisotopic (exact) mass is 394 g/mol. The van der Waals surface area contributed by atoms with Crippen molar-refractivity contribution < 1.29 is 9.53 Å². The number of hydrogen-bond acceptors (Lipinski definition) is 5. The number of rotatable bonds is 5. The number of benzene rings is 1. The molecule has 1 saturated heterocycles. The number of fused-ring (bicyclic) bond motifs is 1. The Bertz CT molecular complexity index is 834. The van der Waals surface area contributed by atoms with E-state index in [2.05, 4.69) is 33.8 Å². The van der Waals surface area contributed by atoms with Crippen molar-refractivity contribution in [1.82, 2.24) is 14.8 Å². The molecule has 0 radical (unpaired) electrons. The molecule has 3 heterocycles. The number of aryl methyl sites for hydroxylation is 1. The Kier molecular flexibility index (Phi) is 6.11. The molecule has 2 aromatic rings. The van der Waals surface area contributed by atoms with Crippen molar-refractivity contribution in [2.45, 2.75) is 25.8 Å². The van der Waals surface area contributed by atoms with Gasteiger partial charge >= 0.3 is 0 Å². The summed E-state index contributed by atoms with van der Waals surface area (Å²) in [6, 6.07) is 12.4. The lowest BCUT2D eigenvalue weighted by molar-refractivity contribution is -0.120. The molecule has 2 aliphatic rings. The van der Waals surface area contributed by atoms with E-state index in [0.29, 0.717) is 12.6 Å². The lowest BCUT2D eigenvalue weighted by Crippen LogP contribution is -2.51. The number of ether oxygens (including phenoxy) is 1. The van der Waals surface area contributed by atoms with Crippen LogP contribution in [0.15, 0.2) is 42.6 Å². The fourth-order valence-electron chi connectivity index (χ4n) is 4.36. The van der Waals surface area contributed by atoms with Gasteiger partial charge in [0.05, 0.1) is 19.3 Å². The molecular weight excluding hydrogens is 364 g/mol. The Morgan fingerprint density at radius 3 is 2.69 bits per heavy atom. The van der Waals surface area contributed by atoms with Crippen molar-refractivity contribution >= 4 is 11.6 Å². The summed E-state index contributed by atoms with van der Waals surface area (Å²) in [5.74, 6) is 1.05. The summed E-state index contributed by atoms with van der Waals surface area (Å²) in [5, 5.41) is 0. The molecule has 154 valence electrons. The van der Waals surface area contributed by atoms with E-state index in [4.69, 9.17) is 4.74 Å². The summed E-state index contributed by atoms with van der Waals surface area (Å²) >= 11 is 0. The zero-order valence-corrected chi connectivity index (χ0v) is 17.4. The fraction of sp³-hybridized carbons (Fsp3) is 0.478. The Labute approximate surface area is 173 Å². The van der Waals surface area contributed by atoms with Crippen molar-refractivity contribution in [3.05, 3.63) is 53.9 Å². The summed E-state index contributed by atoms with van der Waals surface area (Å²) in [6.07, 6.45) is 3.86. The van der Waals surface area contributed by atoms with Crippen molar-refractivity contribution in [2.75, 3.05) is 51.3 Å². The van der Waals surface area contributed by atoms with E-state index in [1.54, 1.807) is 7.11 Å². The Balaban J connectivity index is 1.34. The maximum atomic E-state index is 13.0. The fourth-order valence-corrected chi connectivity index (χ4v) is 4.36. The molecule has 0 bridgehead atoms. The van der Waals surface area contributed by atoms with Gasteiger partial charge < -0.3 is 9.64 Å². The highest BCUT2D eigenvalue weighted by Gasteiger charge is 2.27. The van der Waals surface area contributed by atoms with Crippen molar-refractivity contribution in [2.24, 2.45) is 0 Å². The van der Waals surface area contributed by atoms with Gasteiger partial charge in [-0.05, 0) is 55.7 Å². The van der Waals surface area contributed by atoms with Gasteiger partial charge in [0.25, 0.3) is 0 Å². The first-order valence-electron chi connectivity index (χ1n) is 10.5. The molecule has 1 aromatic heterocycles. The second-order valence-electron chi connectivity index (χ2n) is 7.89. The second-order valence-corrected chi connectivity index (χ2v) is 7.89. The van der Waals surface area contributed by atoms with Gasteiger partial charge in [-0.25, -0.2) is 0 Å². The molecular formula is C23H30N4O2. The number of nitrogens with zero attached hydrogens (tertiary/aromatic N) is 4. The average molecular weight is 395 g/mol. The van der Waals surface area contributed by atoms with E-state index in [0.717, 1.165) is 62.7 Å². The smallest absolute Gasteiger partial charge is 0.241 e. The number of aromatic nitrogens is 1. The lowest BCUT2D eigenvalue weighted by Gasteiger charge is -2.38. The third kappa shape index (κ3) is 4.43. The zero-order valence-electron chi connectivity index (χ0n) is 17.4. The minimum Gasteiger partial charge on any atom is -0.497 e. The molecule has 6 heteroatoms. The number of anilines is 1. The van der Waals surface area contributed by atoms with Gasteiger partial charge in [0.2, 0.25) is 5.91 Å². The van der Waals surface area contributed by atoms with Gasteiger partial charge in [0, 0.05) is 50.6 Å². The predicted octanol–water partition coefficient (Wildman–Crippen LogP) is 2.75. The van der Waals surface area contributed by atoms with Crippen molar-refractivity contribution in [3.63, 3.8) is 0 Å². The number of methoxy groups -OCH3 is 1. The number of carbonyl (C=O) groups is 1. The molecule has 1 amide bonds. The van der Waals surface area contributed by atoms with Crippen LogP contribution in [0.3, 0.4) is 0 Å². The van der Waals surface area contributed by atoms with E-state index in [-0.39, 0.29) is 5.91 Å². The van der Waals surface area contributed by atoms with Crippen LogP contribution in [0, 0.1) is 0 Å². The Morgan fingerprint density at radius 2 is 1.97 bits per heavy atom. The van der Waals surface area contributed by atoms with Crippen LogP contribution < -0.4 is 9.64 Å². The summed E-state index contributed by atoms with van der Waals surface area (Å²) in [6.45, 7) is 7.23. The SMILES string of the molecule is COc1ccc2c(c1)CCCN2C(=O)CN1CCN(C(C)c2ccccn2)CC1. The highest BCUT2D eigenvalue weighted by Crippen LogP contribution is 2.30. The molecule has 0 N–H and O–H groups in total. The van der Waals surface area contributed by atoms with Crippen LogP contribution in [0.5, 0.6) is 5.75 Å². The minimum atomic E-state index is 0.197. The highest BCUT2D eigenvalue weighted by molar-refractivity contribution is 5.96. The third-order valence-corrected chi connectivity index (χ3v) is 6.14. The molecule has 4 rings (SSSR count). The van der Waals surface area contributed by atoms with E-state index in [1.807, 2.05) is 35.4 Å². The summed E-state index contributed by atoms with van der Waals surface area (Å²) in [5.41, 5.74) is 3.36. The normalized spacial score (nSPS) is 18.9. The summed E-state index contributed by atoms with van der Waals surface area (Å²) < 4.78 is 5.34. The van der Waals surface area contributed by atoms with Gasteiger partial charge in [0.1, 0.15) is 5.75 Å². The van der Waals surface area contributed by atoms with Crippen LogP contribution >= 0.6 is 0 Å². The third-order valence-electron chi connectivity index (χ3n) is 6.14. The van der Waals surface area contributed by atoms with Crippen LogP contribution in [-0.2, 0) is 11.2 Å². The number of piperazine rings is 1. The standard InChI is InChI=1S/C23H30N4O2/c1-18(21-7-3-4-10-24-21)26-14-12-25(13-15-26)17-23(28)27-11-5-6-19-16-20(29-2)8-9-22(19)27/h3-4,7-10,16,18H,5-6,11-15,17H2,1-2H3. The minimum absolute atomic E-state index is 0.197. The quantitative estimate of drug-likeness (QED) is 0.781. The lowest BCUT2D eigenvalue weighted by atomic mass is 10.0. The van der Waals surface area contributed by atoms with Gasteiger partial charge in [-0.2, -0.15) is 0 Å². The zero-order chi connectivity index (χ0) is 20.2. The highest BCUT2D eigenvalue weighted by atomic mass is 16.5. The van der Waals surface area contributed by atoms with Gasteiger partial charge in [-0.3, -0.25) is 19.6 Å². The Hall–Kier alpha value is -2.44. The maximum absolute atomic E-state index is 13.0. The largest absolute Gasteiger partial charge is 0.497 e. The van der Waals surface area contributed by atoms with Crippen LogP contribution in [0.2, 0.25) is 0 Å². The van der Waals surface area contributed by atoms with E-state index in [9.17, 15) is 4.79 Å². The number of pyridine rings is 1. The maximum Gasteiger partial charge on any atom is 0.241 e. The number of carbonyl (C=O) groups excluding carboxylic acids is 1. The molecule has 0 saturated carbocycles. The summed E-state index contributed by atoms with van der Waals surface area (Å²) in [4.78, 5) is 24.2. The van der Waals surface area contributed by atoms with Crippen molar-refractivity contribution in [1.29, 1.82) is 0 Å². The molecule has 0 aliphatic carbocycles. The first-order valence-corrected chi connectivity index (χ1v) is 10.5. The molecule has 1 atom stereocenters. The number of amides is 1. The second kappa shape index (κ2) is 8.93. The van der Waals surface area contributed by atoms with Crippen LogP contribution in [0.1, 0.15) is 30.6 Å². The topological polar surface area (TPSA) is 48.9 Å². The van der Waals surface area contributed by atoms with E-state index >= 15 is 0 Å². The molecule has 0 spiro atoms. The molecule has 6 nitrogen and oxygen atoms in total. The Morgan fingerprint density at radius 1 is 1.14 bits per heavy atom. The number of hydrogen-bond donors (Lipinski definition) is 0. The first-order chi connectivity index (χ1) is 14.2. The van der Waals surface area contributed by atoms with Gasteiger partial charge in [-0.15, -0.1) is 0 Å². The molecule has 1 unspecified atom stereocenters. The predicted molar refractivity (Wildman–Crippen MR) is 114 cm³/mol. The van der Waals surface area contributed by atoms with Gasteiger partial charge in [-0.1, -0.05) is 6.07 Å². The van der Waals surface area contributed by atoms with Crippen molar-refractivity contribution in [3.8, 4) is 5.75 Å².